The molecule has 33 heavy (non-hydrogen) atoms. The Morgan fingerprint density at radius 1 is 1.06 bits per heavy atom. The molecule has 0 spiro atoms. The lowest BCUT2D eigenvalue weighted by molar-refractivity contribution is -0.150. The van der Waals surface area contributed by atoms with Gasteiger partial charge in [-0.05, 0) is 69.8 Å². The van der Waals surface area contributed by atoms with Gasteiger partial charge in [-0.2, -0.15) is 0 Å². The van der Waals surface area contributed by atoms with Crippen LogP contribution in [0.2, 0.25) is 0 Å². The fourth-order valence-electron chi connectivity index (χ4n) is 5.79. The van der Waals surface area contributed by atoms with E-state index >= 15 is 0 Å². The van der Waals surface area contributed by atoms with Gasteiger partial charge >= 0.3 is 11.9 Å². The van der Waals surface area contributed by atoms with Crippen LogP contribution in [0.1, 0.15) is 62.2 Å². The molecule has 4 unspecified atom stereocenters. The Labute approximate surface area is 191 Å². The van der Waals surface area contributed by atoms with E-state index in [1.54, 1.807) is 6.92 Å². The molecule has 9 heteroatoms. The van der Waals surface area contributed by atoms with Crippen molar-refractivity contribution in [3.05, 3.63) is 23.5 Å². The normalized spacial score (nSPS) is 32.9. The summed E-state index contributed by atoms with van der Waals surface area (Å²) in [6.07, 6.45) is 3.91. The Morgan fingerprint density at radius 3 is 2.33 bits per heavy atom. The summed E-state index contributed by atoms with van der Waals surface area (Å²) < 4.78 is 25.7. The topological polar surface area (TPSA) is 122 Å². The van der Waals surface area contributed by atoms with E-state index in [9.17, 15) is 29.0 Å². The fourth-order valence-corrected chi connectivity index (χ4v) is 5.79. The highest BCUT2D eigenvalue weighted by Crippen LogP contribution is 2.49. The van der Waals surface area contributed by atoms with Crippen molar-refractivity contribution < 1.29 is 38.5 Å². The first-order valence-corrected chi connectivity index (χ1v) is 11.4. The number of amides is 1. The lowest BCUT2D eigenvalue weighted by Crippen LogP contribution is -2.46. The molecule has 3 aliphatic rings. The maximum absolute atomic E-state index is 14.7. The highest BCUT2D eigenvalue weighted by molar-refractivity contribution is 5.98. The summed E-state index contributed by atoms with van der Waals surface area (Å²) in [5, 5.41) is 21.9. The van der Waals surface area contributed by atoms with E-state index in [0.29, 0.717) is 25.7 Å². The Morgan fingerprint density at radius 2 is 1.73 bits per heavy atom. The van der Waals surface area contributed by atoms with Gasteiger partial charge in [0.1, 0.15) is 5.75 Å². The number of hydrogen-bond acceptors (Lipinski definition) is 5. The molecule has 3 aliphatic carbocycles. The van der Waals surface area contributed by atoms with E-state index in [1.165, 1.54) is 13.2 Å². The largest absolute Gasteiger partial charge is 0.496 e. The van der Waals surface area contributed by atoms with Gasteiger partial charge in [-0.3, -0.25) is 14.4 Å². The third kappa shape index (κ3) is 4.37. The van der Waals surface area contributed by atoms with E-state index in [-0.39, 0.29) is 35.0 Å². The van der Waals surface area contributed by atoms with Gasteiger partial charge in [0, 0.05) is 12.1 Å². The number of carbonyl (C=O) groups is 3. The standard InChI is InChI=1S/C24H30FNO7/c1-24(23(30)31)7-5-14(6-8-24)33-18-10-15(17(32-2)11-16(18)25)21(27)26-20-13-4-3-12(9-13)19(20)22(28)29/h10-14,19-20H,3-9H2,1-2H3,(H,26,27)(H,28,29)(H,30,31). The SMILES string of the molecule is COc1cc(F)c(OC2CCC(C)(C(=O)O)CC2)cc1C(=O)NC1C2CCC(C2)C1C(=O)O. The minimum Gasteiger partial charge on any atom is -0.496 e. The fraction of sp³-hybridized carbons (Fsp3) is 0.625. The monoisotopic (exact) mass is 463 g/mol. The Balaban J connectivity index is 1.50. The highest BCUT2D eigenvalue weighted by atomic mass is 19.1. The number of fused-ring (bicyclic) bond motifs is 2. The average molecular weight is 464 g/mol. The minimum absolute atomic E-state index is 0.0366. The van der Waals surface area contributed by atoms with Crippen LogP contribution < -0.4 is 14.8 Å². The number of carboxylic acids is 2. The second kappa shape index (κ2) is 8.83. The number of benzene rings is 1. The number of carboxylic acid groups (broad SMARTS) is 2. The van der Waals surface area contributed by atoms with Crippen molar-refractivity contribution >= 4 is 17.8 Å². The summed E-state index contributed by atoms with van der Waals surface area (Å²) in [4.78, 5) is 36.3. The van der Waals surface area contributed by atoms with Crippen LogP contribution in [0.15, 0.2) is 12.1 Å². The third-order valence-electron chi connectivity index (χ3n) is 7.84. The maximum atomic E-state index is 14.7. The molecular weight excluding hydrogens is 433 g/mol. The zero-order valence-corrected chi connectivity index (χ0v) is 18.8. The molecule has 8 nitrogen and oxygen atoms in total. The molecule has 4 atom stereocenters. The van der Waals surface area contributed by atoms with Crippen LogP contribution in [0.3, 0.4) is 0 Å². The molecule has 0 aliphatic heterocycles. The summed E-state index contributed by atoms with van der Waals surface area (Å²) in [5.41, 5.74) is -0.739. The predicted molar refractivity (Wildman–Crippen MR) is 115 cm³/mol. The van der Waals surface area contributed by atoms with Crippen LogP contribution in [-0.2, 0) is 9.59 Å². The van der Waals surface area contributed by atoms with Gasteiger partial charge in [-0.25, -0.2) is 4.39 Å². The molecule has 3 N–H and O–H groups in total. The molecule has 2 bridgehead atoms. The second-order valence-electron chi connectivity index (χ2n) is 9.86. The number of halogens is 1. The summed E-state index contributed by atoms with van der Waals surface area (Å²) >= 11 is 0. The van der Waals surface area contributed by atoms with E-state index in [1.807, 2.05) is 0 Å². The summed E-state index contributed by atoms with van der Waals surface area (Å²) in [7, 11) is 1.33. The lowest BCUT2D eigenvalue weighted by atomic mass is 9.75. The van der Waals surface area contributed by atoms with Crippen LogP contribution in [0, 0.1) is 29.0 Å². The van der Waals surface area contributed by atoms with Gasteiger partial charge in [-0.1, -0.05) is 0 Å². The number of aliphatic carboxylic acids is 2. The summed E-state index contributed by atoms with van der Waals surface area (Å²) in [5.74, 6) is -3.48. The average Bonchev–Trinajstić information content (AvgIpc) is 3.38. The smallest absolute Gasteiger partial charge is 0.309 e. The minimum atomic E-state index is -0.909. The number of rotatable bonds is 7. The second-order valence-corrected chi connectivity index (χ2v) is 9.86. The molecule has 3 fully saturated rings. The van der Waals surface area contributed by atoms with E-state index in [4.69, 9.17) is 9.47 Å². The Hall–Kier alpha value is -2.84. The molecule has 0 saturated heterocycles. The van der Waals surface area contributed by atoms with Crippen molar-refractivity contribution in [2.24, 2.45) is 23.2 Å². The lowest BCUT2D eigenvalue weighted by Gasteiger charge is -2.34. The predicted octanol–water partition coefficient (Wildman–Crippen LogP) is 3.48. The number of hydrogen-bond donors (Lipinski definition) is 3. The van der Waals surface area contributed by atoms with Gasteiger partial charge in [0.05, 0.1) is 30.1 Å². The number of ether oxygens (including phenoxy) is 2. The van der Waals surface area contributed by atoms with Gasteiger partial charge in [0.15, 0.2) is 11.6 Å². The van der Waals surface area contributed by atoms with Gasteiger partial charge < -0.3 is 25.0 Å². The van der Waals surface area contributed by atoms with Crippen LogP contribution in [0.25, 0.3) is 0 Å². The zero-order chi connectivity index (χ0) is 23.9. The van der Waals surface area contributed by atoms with Crippen molar-refractivity contribution in [3.8, 4) is 11.5 Å². The first-order chi connectivity index (χ1) is 15.6. The molecule has 180 valence electrons. The van der Waals surface area contributed by atoms with Crippen molar-refractivity contribution in [3.63, 3.8) is 0 Å². The van der Waals surface area contributed by atoms with Gasteiger partial charge in [0.25, 0.3) is 5.91 Å². The third-order valence-corrected chi connectivity index (χ3v) is 7.84. The molecule has 0 aromatic heterocycles. The molecule has 3 saturated carbocycles. The Bertz CT molecular complexity index is 956. The van der Waals surface area contributed by atoms with Crippen molar-refractivity contribution in [2.45, 2.75) is 64.0 Å². The molecular formula is C24H30FNO7. The number of nitrogens with one attached hydrogen (secondary N) is 1. The quantitative estimate of drug-likeness (QED) is 0.566. The summed E-state index contributed by atoms with van der Waals surface area (Å²) in [6.45, 7) is 1.70. The van der Waals surface area contributed by atoms with E-state index in [2.05, 4.69) is 5.32 Å². The molecule has 0 radical (unpaired) electrons. The molecule has 0 heterocycles. The van der Waals surface area contributed by atoms with Gasteiger partial charge in [-0.15, -0.1) is 0 Å². The first kappa shape index (κ1) is 23.3. The van der Waals surface area contributed by atoms with E-state index < -0.39 is 41.0 Å². The van der Waals surface area contributed by atoms with Crippen molar-refractivity contribution in [1.29, 1.82) is 0 Å². The van der Waals surface area contributed by atoms with Crippen molar-refractivity contribution in [1.82, 2.24) is 5.32 Å². The van der Waals surface area contributed by atoms with Crippen LogP contribution in [0.4, 0.5) is 4.39 Å². The number of methoxy groups -OCH3 is 1. The molecule has 1 aromatic rings. The highest BCUT2D eigenvalue weighted by Gasteiger charge is 2.51. The maximum Gasteiger partial charge on any atom is 0.309 e. The van der Waals surface area contributed by atoms with Crippen LogP contribution >= 0.6 is 0 Å². The van der Waals surface area contributed by atoms with E-state index in [0.717, 1.165) is 25.3 Å². The Kier molecular flexibility index (Phi) is 6.24. The molecule has 1 amide bonds. The molecule has 4 rings (SSSR count). The van der Waals surface area contributed by atoms with Crippen molar-refractivity contribution in [2.75, 3.05) is 7.11 Å². The summed E-state index contributed by atoms with van der Waals surface area (Å²) in [6, 6.07) is 1.90. The van der Waals surface area contributed by atoms with Crippen LogP contribution in [-0.4, -0.2) is 47.3 Å². The molecule has 1 aromatic carbocycles. The van der Waals surface area contributed by atoms with Gasteiger partial charge in [0.2, 0.25) is 0 Å². The van der Waals surface area contributed by atoms with Crippen LogP contribution in [0.5, 0.6) is 11.5 Å². The first-order valence-electron chi connectivity index (χ1n) is 11.4. The number of carbonyl (C=O) groups excluding carboxylic acids is 1. The zero-order valence-electron chi connectivity index (χ0n) is 18.8.